The van der Waals surface area contributed by atoms with E-state index in [9.17, 15) is 9.59 Å². The molecule has 1 unspecified atom stereocenters. The number of hydrogen-bond donors (Lipinski definition) is 1. The number of hydrogen-bond acceptors (Lipinski definition) is 4. The smallest absolute Gasteiger partial charge is 0.252 e. The first-order chi connectivity index (χ1) is 15.1. The Kier molecular flexibility index (Phi) is 6.02. The van der Waals surface area contributed by atoms with Crippen molar-refractivity contribution >= 4 is 11.8 Å². The summed E-state index contributed by atoms with van der Waals surface area (Å²) in [7, 11) is 3.51. The molecule has 2 aromatic carbocycles. The first-order valence-electron chi connectivity index (χ1n) is 10.3. The first-order valence-corrected chi connectivity index (χ1v) is 10.3. The summed E-state index contributed by atoms with van der Waals surface area (Å²) in [5, 5.41) is 3.10. The van der Waals surface area contributed by atoms with Crippen molar-refractivity contribution in [1.29, 1.82) is 0 Å². The van der Waals surface area contributed by atoms with Crippen LogP contribution >= 0.6 is 0 Å². The summed E-state index contributed by atoms with van der Waals surface area (Å²) in [6, 6.07) is 14.5. The van der Waals surface area contributed by atoms with E-state index in [-0.39, 0.29) is 11.8 Å². The van der Waals surface area contributed by atoms with Gasteiger partial charge in [-0.1, -0.05) is 30.3 Å². The quantitative estimate of drug-likeness (QED) is 0.640. The molecule has 4 rings (SSSR count). The van der Waals surface area contributed by atoms with Gasteiger partial charge in [0.05, 0.1) is 7.11 Å². The predicted molar refractivity (Wildman–Crippen MR) is 117 cm³/mol. The summed E-state index contributed by atoms with van der Waals surface area (Å²) in [6.07, 6.45) is 5.09. The summed E-state index contributed by atoms with van der Waals surface area (Å²) < 4.78 is 7.40. The molecule has 1 aliphatic rings. The second-order valence-corrected chi connectivity index (χ2v) is 7.66. The van der Waals surface area contributed by atoms with Crippen LogP contribution < -0.4 is 10.1 Å². The Morgan fingerprint density at radius 3 is 2.61 bits per heavy atom. The van der Waals surface area contributed by atoms with Crippen LogP contribution in [0.3, 0.4) is 0 Å². The third-order valence-electron chi connectivity index (χ3n) is 5.60. The normalized spacial score (nSPS) is 14.5. The summed E-state index contributed by atoms with van der Waals surface area (Å²) in [5.41, 5.74) is 2.39. The number of aryl methyl sites for hydroxylation is 1. The molecule has 0 saturated carbocycles. The molecule has 7 heteroatoms. The van der Waals surface area contributed by atoms with Gasteiger partial charge in [0.2, 0.25) is 5.91 Å². The molecule has 1 atom stereocenters. The summed E-state index contributed by atoms with van der Waals surface area (Å²) in [4.78, 5) is 31.2. The number of likely N-dealkylation sites (tertiary alicyclic amines) is 1. The molecule has 0 spiro atoms. The highest BCUT2D eigenvalue weighted by Gasteiger charge is 2.24. The summed E-state index contributed by atoms with van der Waals surface area (Å²) >= 11 is 0. The Bertz CT molecular complexity index is 1070. The lowest BCUT2D eigenvalue weighted by Gasteiger charge is -2.21. The first kappa shape index (κ1) is 20.7. The molecule has 0 bridgehead atoms. The van der Waals surface area contributed by atoms with Gasteiger partial charge in [0.15, 0.2) is 0 Å². The minimum atomic E-state index is -0.467. The zero-order valence-corrected chi connectivity index (χ0v) is 17.7. The number of benzene rings is 2. The van der Waals surface area contributed by atoms with E-state index in [1.165, 1.54) is 0 Å². The third-order valence-corrected chi connectivity index (χ3v) is 5.60. The molecular weight excluding hydrogens is 392 g/mol. The van der Waals surface area contributed by atoms with Crippen LogP contribution in [0.15, 0.2) is 60.9 Å². The highest BCUT2D eigenvalue weighted by atomic mass is 16.5. The van der Waals surface area contributed by atoms with Crippen LogP contribution in [-0.4, -0.2) is 39.9 Å². The van der Waals surface area contributed by atoms with Gasteiger partial charge in [-0.2, -0.15) is 0 Å². The van der Waals surface area contributed by atoms with Gasteiger partial charge in [-0.05, 0) is 30.2 Å². The SMILES string of the molecule is COc1ccccc1C(NC(=O)c1ccc(CN2CCCC2=O)cc1)c1nccn1C. The van der Waals surface area contributed by atoms with Gasteiger partial charge in [0.1, 0.15) is 17.6 Å². The van der Waals surface area contributed by atoms with Gasteiger partial charge in [-0.3, -0.25) is 9.59 Å². The molecule has 3 aromatic rings. The van der Waals surface area contributed by atoms with Gasteiger partial charge in [0.25, 0.3) is 5.91 Å². The molecular formula is C24H26N4O3. The van der Waals surface area contributed by atoms with E-state index in [0.29, 0.717) is 30.1 Å². The zero-order valence-electron chi connectivity index (χ0n) is 17.7. The van der Waals surface area contributed by atoms with Gasteiger partial charge < -0.3 is 19.5 Å². The Morgan fingerprint density at radius 1 is 1.19 bits per heavy atom. The average molecular weight is 418 g/mol. The minimum Gasteiger partial charge on any atom is -0.496 e. The number of carbonyl (C=O) groups is 2. The third kappa shape index (κ3) is 4.45. The highest BCUT2D eigenvalue weighted by Crippen LogP contribution is 2.29. The lowest BCUT2D eigenvalue weighted by atomic mass is 10.0. The predicted octanol–water partition coefficient (Wildman–Crippen LogP) is 3.07. The minimum absolute atomic E-state index is 0.191. The van der Waals surface area contributed by atoms with E-state index in [4.69, 9.17) is 4.74 Å². The van der Waals surface area contributed by atoms with E-state index in [0.717, 1.165) is 24.1 Å². The summed E-state index contributed by atoms with van der Waals surface area (Å²) in [6.45, 7) is 1.38. The lowest BCUT2D eigenvalue weighted by Crippen LogP contribution is -2.31. The topological polar surface area (TPSA) is 76.5 Å². The van der Waals surface area contributed by atoms with Crippen LogP contribution in [-0.2, 0) is 18.4 Å². The molecule has 1 aromatic heterocycles. The monoisotopic (exact) mass is 418 g/mol. The molecule has 0 radical (unpaired) electrons. The van der Waals surface area contributed by atoms with Crippen molar-refractivity contribution in [3.8, 4) is 5.75 Å². The molecule has 160 valence electrons. The van der Waals surface area contributed by atoms with Crippen molar-refractivity contribution in [2.24, 2.45) is 7.05 Å². The van der Waals surface area contributed by atoms with Crippen molar-refractivity contribution in [2.45, 2.75) is 25.4 Å². The van der Waals surface area contributed by atoms with E-state index in [2.05, 4.69) is 10.3 Å². The number of imidazole rings is 1. The molecule has 1 fully saturated rings. The van der Waals surface area contributed by atoms with Crippen LogP contribution in [0.4, 0.5) is 0 Å². The van der Waals surface area contributed by atoms with Crippen molar-refractivity contribution in [2.75, 3.05) is 13.7 Å². The number of nitrogens with zero attached hydrogens (tertiary/aromatic N) is 3. The number of para-hydroxylation sites is 1. The fourth-order valence-electron chi connectivity index (χ4n) is 3.91. The molecule has 2 heterocycles. The maximum atomic E-state index is 13.1. The fraction of sp³-hybridized carbons (Fsp3) is 0.292. The average Bonchev–Trinajstić information content (AvgIpc) is 3.40. The zero-order chi connectivity index (χ0) is 21.8. The Labute approximate surface area is 181 Å². The summed E-state index contributed by atoms with van der Waals surface area (Å²) in [5.74, 6) is 1.38. The Balaban J connectivity index is 1.55. The highest BCUT2D eigenvalue weighted by molar-refractivity contribution is 5.94. The van der Waals surface area contributed by atoms with Crippen molar-refractivity contribution < 1.29 is 14.3 Å². The van der Waals surface area contributed by atoms with Crippen LogP contribution in [0.5, 0.6) is 5.75 Å². The number of methoxy groups -OCH3 is 1. The van der Waals surface area contributed by atoms with E-state index >= 15 is 0 Å². The maximum absolute atomic E-state index is 13.1. The fourth-order valence-corrected chi connectivity index (χ4v) is 3.91. The second-order valence-electron chi connectivity index (χ2n) is 7.66. The molecule has 1 aliphatic heterocycles. The van der Waals surface area contributed by atoms with Gasteiger partial charge >= 0.3 is 0 Å². The molecule has 2 amide bonds. The van der Waals surface area contributed by atoms with E-state index < -0.39 is 6.04 Å². The number of amides is 2. The molecule has 31 heavy (non-hydrogen) atoms. The maximum Gasteiger partial charge on any atom is 0.252 e. The number of ether oxygens (including phenoxy) is 1. The lowest BCUT2D eigenvalue weighted by molar-refractivity contribution is -0.128. The number of nitrogens with one attached hydrogen (secondary N) is 1. The van der Waals surface area contributed by atoms with Gasteiger partial charge in [0, 0.05) is 50.1 Å². The molecule has 1 N–H and O–H groups in total. The van der Waals surface area contributed by atoms with E-state index in [1.54, 1.807) is 25.4 Å². The van der Waals surface area contributed by atoms with Gasteiger partial charge in [-0.25, -0.2) is 4.98 Å². The van der Waals surface area contributed by atoms with Gasteiger partial charge in [-0.15, -0.1) is 0 Å². The Morgan fingerprint density at radius 2 is 1.97 bits per heavy atom. The Hall–Kier alpha value is -3.61. The number of carbonyl (C=O) groups excluding carboxylic acids is 2. The van der Waals surface area contributed by atoms with Crippen molar-refractivity contribution in [3.05, 3.63) is 83.4 Å². The molecule has 7 nitrogen and oxygen atoms in total. The van der Waals surface area contributed by atoms with Crippen LogP contribution in [0.25, 0.3) is 0 Å². The second kappa shape index (κ2) is 9.04. The van der Waals surface area contributed by atoms with Crippen LogP contribution in [0.2, 0.25) is 0 Å². The number of aromatic nitrogens is 2. The van der Waals surface area contributed by atoms with E-state index in [1.807, 2.05) is 59.1 Å². The van der Waals surface area contributed by atoms with Crippen molar-refractivity contribution in [1.82, 2.24) is 19.8 Å². The molecule has 1 saturated heterocycles. The number of rotatable bonds is 7. The standard InChI is InChI=1S/C24H26N4O3/c1-27-15-13-25-23(27)22(19-6-3-4-7-20(19)31-2)26-24(30)18-11-9-17(10-12-18)16-28-14-5-8-21(28)29/h3-4,6-7,9-13,15,22H,5,8,14,16H2,1-2H3,(H,26,30). The largest absolute Gasteiger partial charge is 0.496 e. The van der Waals surface area contributed by atoms with Crippen molar-refractivity contribution in [3.63, 3.8) is 0 Å². The molecule has 0 aliphatic carbocycles. The van der Waals surface area contributed by atoms with Crippen LogP contribution in [0, 0.1) is 0 Å². The van der Waals surface area contributed by atoms with Crippen LogP contribution in [0.1, 0.15) is 46.2 Å².